The summed E-state index contributed by atoms with van der Waals surface area (Å²) >= 11 is 6.11. The second-order valence-electron chi connectivity index (χ2n) is 5.89. The van der Waals surface area contributed by atoms with Crippen molar-refractivity contribution in [3.05, 3.63) is 58.6 Å². The lowest BCUT2D eigenvalue weighted by atomic mass is 10.3. The van der Waals surface area contributed by atoms with Gasteiger partial charge in [0.05, 0.1) is 16.4 Å². The number of aromatic nitrogens is 4. The van der Waals surface area contributed by atoms with Gasteiger partial charge in [0.1, 0.15) is 12.4 Å². The Balaban J connectivity index is 1.65. The third kappa shape index (κ3) is 4.63. The molecule has 28 heavy (non-hydrogen) atoms. The van der Waals surface area contributed by atoms with Gasteiger partial charge in [-0.3, -0.25) is 9.48 Å². The van der Waals surface area contributed by atoms with Crippen LogP contribution in [0.1, 0.15) is 21.9 Å². The summed E-state index contributed by atoms with van der Waals surface area (Å²) in [5.74, 6) is -0.882. The van der Waals surface area contributed by atoms with Crippen molar-refractivity contribution < 1.29 is 22.7 Å². The van der Waals surface area contributed by atoms with Gasteiger partial charge in [-0.05, 0) is 44.2 Å². The lowest BCUT2D eigenvalue weighted by Crippen LogP contribution is -2.17. The first-order chi connectivity index (χ1) is 13.1. The number of carbonyl (C=O) groups is 1. The zero-order chi connectivity index (χ0) is 20.5. The molecule has 0 unspecified atom stereocenters. The van der Waals surface area contributed by atoms with E-state index in [-0.39, 0.29) is 18.1 Å². The predicted molar refractivity (Wildman–Crippen MR) is 95.4 cm³/mol. The zero-order valence-corrected chi connectivity index (χ0v) is 15.5. The van der Waals surface area contributed by atoms with E-state index in [4.69, 9.17) is 11.6 Å². The number of nitrogens with one attached hydrogen (secondary N) is 1. The number of alkyl halides is 3. The van der Waals surface area contributed by atoms with Crippen molar-refractivity contribution in [3.63, 3.8) is 0 Å². The second kappa shape index (κ2) is 7.55. The highest BCUT2D eigenvalue weighted by molar-refractivity contribution is 6.31. The van der Waals surface area contributed by atoms with E-state index in [1.165, 1.54) is 22.9 Å². The van der Waals surface area contributed by atoms with Crippen molar-refractivity contribution >= 4 is 23.2 Å². The molecular formula is C17H15ClF3N5O2. The van der Waals surface area contributed by atoms with Crippen molar-refractivity contribution in [3.8, 4) is 5.75 Å². The number of ether oxygens (including phenoxy) is 1. The molecule has 0 aliphatic heterocycles. The van der Waals surface area contributed by atoms with Crippen LogP contribution >= 0.6 is 11.6 Å². The highest BCUT2D eigenvalue weighted by Gasteiger charge is 2.31. The Morgan fingerprint density at radius 1 is 1.18 bits per heavy atom. The van der Waals surface area contributed by atoms with E-state index < -0.39 is 12.3 Å². The van der Waals surface area contributed by atoms with Crippen LogP contribution in [0.25, 0.3) is 0 Å². The van der Waals surface area contributed by atoms with Gasteiger partial charge in [0, 0.05) is 11.9 Å². The molecule has 0 spiro atoms. The van der Waals surface area contributed by atoms with Crippen LogP contribution in [0.15, 0.2) is 36.5 Å². The van der Waals surface area contributed by atoms with Gasteiger partial charge in [-0.25, -0.2) is 4.68 Å². The Labute approximate surface area is 162 Å². The number of hydrogen-bond acceptors (Lipinski definition) is 4. The third-order valence-electron chi connectivity index (χ3n) is 3.79. The Hall–Kier alpha value is -3.01. The Morgan fingerprint density at radius 3 is 2.43 bits per heavy atom. The fraction of sp³-hybridized carbons (Fsp3) is 0.235. The summed E-state index contributed by atoms with van der Waals surface area (Å²) in [4.78, 5) is 12.3. The van der Waals surface area contributed by atoms with Crippen LogP contribution in [0, 0.1) is 13.8 Å². The molecule has 148 valence electrons. The Bertz CT molecular complexity index is 995. The average molecular weight is 414 g/mol. The summed E-state index contributed by atoms with van der Waals surface area (Å²) in [6, 6.07) is 6.33. The van der Waals surface area contributed by atoms with Crippen molar-refractivity contribution in [1.29, 1.82) is 0 Å². The summed E-state index contributed by atoms with van der Waals surface area (Å²) in [6.45, 7) is 3.89. The second-order valence-corrected chi connectivity index (χ2v) is 6.27. The summed E-state index contributed by atoms with van der Waals surface area (Å²) in [5, 5.41) is 11.6. The van der Waals surface area contributed by atoms with Crippen LogP contribution in [-0.2, 0) is 6.67 Å². The first kappa shape index (κ1) is 19.7. The number of halogens is 4. The van der Waals surface area contributed by atoms with Gasteiger partial charge in [-0.15, -0.1) is 13.2 Å². The van der Waals surface area contributed by atoms with Gasteiger partial charge >= 0.3 is 6.36 Å². The topological polar surface area (TPSA) is 74.0 Å². The molecule has 7 nitrogen and oxygen atoms in total. The molecular weight excluding hydrogens is 399 g/mol. The van der Waals surface area contributed by atoms with Gasteiger partial charge in [0.2, 0.25) is 0 Å². The molecule has 3 aromatic rings. The van der Waals surface area contributed by atoms with Crippen LogP contribution in [0.2, 0.25) is 5.02 Å². The van der Waals surface area contributed by atoms with E-state index in [2.05, 4.69) is 20.3 Å². The Kier molecular flexibility index (Phi) is 5.32. The smallest absolute Gasteiger partial charge is 0.406 e. The number of aryl methyl sites for hydroxylation is 1. The van der Waals surface area contributed by atoms with E-state index in [1.54, 1.807) is 17.8 Å². The fourth-order valence-electron chi connectivity index (χ4n) is 2.45. The maximum atomic E-state index is 12.3. The molecule has 0 saturated carbocycles. The van der Waals surface area contributed by atoms with E-state index in [9.17, 15) is 18.0 Å². The number of amides is 1. The molecule has 3 rings (SSSR count). The third-order valence-corrected chi connectivity index (χ3v) is 4.34. The molecule has 0 atom stereocenters. The van der Waals surface area contributed by atoms with Gasteiger partial charge in [-0.1, -0.05) is 11.6 Å². The number of hydrogen-bond donors (Lipinski definition) is 1. The van der Waals surface area contributed by atoms with Crippen LogP contribution in [0.5, 0.6) is 5.75 Å². The molecule has 0 fully saturated rings. The van der Waals surface area contributed by atoms with Crippen molar-refractivity contribution in [2.24, 2.45) is 0 Å². The number of anilines is 1. The summed E-state index contributed by atoms with van der Waals surface area (Å²) in [5.41, 5.74) is 1.92. The average Bonchev–Trinajstić information content (AvgIpc) is 3.17. The summed E-state index contributed by atoms with van der Waals surface area (Å²) in [6.07, 6.45) is -3.16. The van der Waals surface area contributed by atoms with Gasteiger partial charge < -0.3 is 10.1 Å². The molecule has 0 saturated heterocycles. The molecule has 1 N–H and O–H groups in total. The van der Waals surface area contributed by atoms with Gasteiger partial charge in [0.15, 0.2) is 5.69 Å². The minimum Gasteiger partial charge on any atom is -0.406 e. The van der Waals surface area contributed by atoms with E-state index in [0.717, 1.165) is 17.8 Å². The molecule has 0 radical (unpaired) electrons. The maximum absolute atomic E-state index is 12.3. The molecule has 0 aliphatic carbocycles. The van der Waals surface area contributed by atoms with Gasteiger partial charge in [0.25, 0.3) is 5.91 Å². The monoisotopic (exact) mass is 413 g/mol. The van der Waals surface area contributed by atoms with Crippen LogP contribution < -0.4 is 10.1 Å². The molecule has 0 bridgehead atoms. The maximum Gasteiger partial charge on any atom is 0.573 e. The predicted octanol–water partition coefficient (Wildman–Crippen LogP) is 4.01. The molecule has 1 aromatic carbocycles. The lowest BCUT2D eigenvalue weighted by molar-refractivity contribution is -0.274. The molecule has 2 heterocycles. The largest absolute Gasteiger partial charge is 0.573 e. The summed E-state index contributed by atoms with van der Waals surface area (Å²) in [7, 11) is 0. The minimum atomic E-state index is -4.77. The quantitative estimate of drug-likeness (QED) is 0.686. The molecule has 11 heteroatoms. The first-order valence-corrected chi connectivity index (χ1v) is 8.40. The van der Waals surface area contributed by atoms with E-state index in [1.807, 2.05) is 6.92 Å². The van der Waals surface area contributed by atoms with Crippen LogP contribution in [0.4, 0.5) is 18.9 Å². The highest BCUT2D eigenvalue weighted by atomic mass is 35.5. The number of nitrogens with zero attached hydrogens (tertiary/aromatic N) is 4. The van der Waals surface area contributed by atoms with Crippen LogP contribution in [0.3, 0.4) is 0 Å². The SMILES string of the molecule is Cc1nn(Cn2ccc(C(=O)Nc3ccc(OC(F)(F)F)cc3)n2)c(C)c1Cl. The number of benzene rings is 1. The minimum absolute atomic E-state index is 0.142. The zero-order valence-electron chi connectivity index (χ0n) is 14.8. The number of rotatable bonds is 5. The van der Waals surface area contributed by atoms with Crippen LogP contribution in [-0.4, -0.2) is 31.8 Å². The number of carbonyl (C=O) groups excluding carboxylic acids is 1. The van der Waals surface area contributed by atoms with E-state index >= 15 is 0 Å². The van der Waals surface area contributed by atoms with Gasteiger partial charge in [-0.2, -0.15) is 10.2 Å². The first-order valence-electron chi connectivity index (χ1n) is 8.02. The molecule has 0 aliphatic rings. The van der Waals surface area contributed by atoms with E-state index in [0.29, 0.717) is 16.4 Å². The Morgan fingerprint density at radius 2 is 1.86 bits per heavy atom. The standard InChI is InChI=1S/C17H15ClF3N5O2/c1-10-15(18)11(2)26(23-10)9-25-8-7-14(24-25)16(27)22-12-3-5-13(6-4-12)28-17(19,20)21/h3-8H,9H2,1-2H3,(H,22,27). The molecule has 2 aromatic heterocycles. The van der Waals surface area contributed by atoms with Crippen molar-refractivity contribution in [2.45, 2.75) is 26.9 Å². The van der Waals surface area contributed by atoms with Crippen molar-refractivity contribution in [2.75, 3.05) is 5.32 Å². The fourth-order valence-corrected chi connectivity index (χ4v) is 2.58. The normalized spacial score (nSPS) is 11.5. The molecule has 1 amide bonds. The highest BCUT2D eigenvalue weighted by Crippen LogP contribution is 2.24. The lowest BCUT2D eigenvalue weighted by Gasteiger charge is -2.09. The van der Waals surface area contributed by atoms with Crippen molar-refractivity contribution in [1.82, 2.24) is 19.6 Å². The summed E-state index contributed by atoms with van der Waals surface area (Å²) < 4.78 is 43.4.